The van der Waals surface area contributed by atoms with Crippen molar-refractivity contribution in [3.05, 3.63) is 12.7 Å². The number of carboxylic acids is 1. The minimum absolute atomic E-state index is 0. The Bertz CT molecular complexity index is 1430. The first kappa shape index (κ1) is 41.5. The first-order valence-electron chi connectivity index (χ1n) is 11.8. The quantitative estimate of drug-likeness (QED) is 0.0689. The molecule has 3 heterocycles. The van der Waals surface area contributed by atoms with Crippen LogP contribution in [0.5, 0.6) is 0 Å². The van der Waals surface area contributed by atoms with Crippen LogP contribution in [0, 0.1) is 0 Å². The Morgan fingerprint density at radius 2 is 1.60 bits per heavy atom. The van der Waals surface area contributed by atoms with Gasteiger partial charge in [-0.25, -0.2) is 33.4 Å². The van der Waals surface area contributed by atoms with Crippen molar-refractivity contribution in [3.8, 4) is 0 Å². The summed E-state index contributed by atoms with van der Waals surface area (Å²) in [7, 11) is -16.7. The fourth-order valence-electron chi connectivity index (χ4n) is 3.43. The molecule has 24 nitrogen and oxygen atoms in total. The Kier molecular flexibility index (Phi) is 15.2. The second kappa shape index (κ2) is 16.5. The first-order chi connectivity index (χ1) is 20.1. The summed E-state index contributed by atoms with van der Waals surface area (Å²) in [5.74, 6) is -1.60. The Balaban J connectivity index is 0.000000615. The SMILES string of the molecule is CCC(O)C(O)C(O)C(O)C(=O)O.Nc1ncnc2c1ncn2C1OC(COP(=O)(O)OP(=O)(O)OP(=O)(O)O)C(O)C1O.[Cu]. The summed E-state index contributed by atoms with van der Waals surface area (Å²) in [5.41, 5.74) is 6.00. The average Bonchev–Trinajstić information content (AvgIpc) is 3.45. The fraction of sp³-hybridized carbons (Fsp3) is 0.647. The molecule has 0 aliphatic carbocycles. The molecular weight excluding hydrogens is 735 g/mol. The van der Waals surface area contributed by atoms with E-state index in [1.54, 1.807) is 6.92 Å². The molecule has 13 N–H and O–H groups in total. The Morgan fingerprint density at radius 3 is 2.13 bits per heavy atom. The molecule has 10 atom stereocenters. The molecule has 1 aliphatic rings. The van der Waals surface area contributed by atoms with Crippen molar-refractivity contribution in [2.75, 3.05) is 12.3 Å². The van der Waals surface area contributed by atoms with Crippen LogP contribution in [-0.2, 0) is 53.4 Å². The van der Waals surface area contributed by atoms with Crippen molar-refractivity contribution in [3.63, 3.8) is 0 Å². The zero-order valence-corrected chi connectivity index (χ0v) is 26.0. The summed E-state index contributed by atoms with van der Waals surface area (Å²) in [6.07, 6.45) is -10.4. The number of imidazole rings is 1. The minimum Gasteiger partial charge on any atom is -0.479 e. The molecule has 28 heteroatoms. The van der Waals surface area contributed by atoms with E-state index < -0.39 is 85.0 Å². The fourth-order valence-corrected chi connectivity index (χ4v) is 6.46. The van der Waals surface area contributed by atoms with Crippen molar-refractivity contribution in [1.82, 2.24) is 19.5 Å². The van der Waals surface area contributed by atoms with E-state index in [1.165, 1.54) is 10.9 Å². The van der Waals surface area contributed by atoms with Crippen molar-refractivity contribution < 1.29 is 109 Å². The number of anilines is 1. The molecule has 0 saturated carbocycles. The molecule has 1 radical (unpaired) electrons. The molecule has 2 aromatic rings. The zero-order valence-electron chi connectivity index (χ0n) is 22.4. The topological polar surface area (TPSA) is 397 Å². The van der Waals surface area contributed by atoms with Crippen LogP contribution in [0.2, 0.25) is 0 Å². The van der Waals surface area contributed by atoms with Gasteiger partial charge in [0.05, 0.1) is 19.0 Å². The van der Waals surface area contributed by atoms with Gasteiger partial charge in [-0.15, -0.1) is 0 Å². The van der Waals surface area contributed by atoms with E-state index in [0.29, 0.717) is 0 Å². The Hall–Kier alpha value is -1.53. The van der Waals surface area contributed by atoms with Crippen LogP contribution in [0.15, 0.2) is 12.7 Å². The standard InChI is InChI=1S/C10H16N5O13P3.C7H14O6.Cu/c11-8-5-9(13-2-12-8)15(3-14-5)10-7(17)6(16)4(26-10)1-25-30(21,22)28-31(23,24)27-29(18,19)20;1-2-3(8)4(9)5(10)6(11)7(12)13;/h2-4,6-7,10,16-17H,1H2,(H,21,22)(H,23,24)(H2,11,12,13)(H2,18,19,20);3-6,8-11H,2H2,1H3,(H,12,13);. The molecule has 2 aromatic heterocycles. The number of carboxylic acid groups (broad SMARTS) is 1. The number of aliphatic carboxylic acids is 1. The maximum absolute atomic E-state index is 11.8. The number of aliphatic hydroxyl groups excluding tert-OH is 6. The van der Waals surface area contributed by atoms with E-state index in [2.05, 4.69) is 28.1 Å². The number of hydrogen-bond donors (Lipinski definition) is 12. The number of nitrogens with zero attached hydrogens (tertiary/aromatic N) is 4. The smallest absolute Gasteiger partial charge is 0.479 e. The second-order valence-electron chi connectivity index (χ2n) is 8.76. The third-order valence-corrected chi connectivity index (χ3v) is 9.36. The van der Waals surface area contributed by atoms with Gasteiger partial charge in [0.15, 0.2) is 23.8 Å². The zero-order chi connectivity index (χ0) is 33.8. The average molecular weight is 765 g/mol. The van der Waals surface area contributed by atoms with Gasteiger partial charge in [-0.2, -0.15) is 8.62 Å². The number of hydrogen-bond acceptors (Lipinski definition) is 18. The summed E-state index contributed by atoms with van der Waals surface area (Å²) in [4.78, 5) is 57.4. The number of nitrogens with two attached hydrogens (primary N) is 1. The van der Waals surface area contributed by atoms with E-state index in [1.807, 2.05) is 0 Å². The number of nitrogen functional groups attached to an aromatic ring is 1. The molecule has 1 saturated heterocycles. The summed E-state index contributed by atoms with van der Waals surface area (Å²) in [5, 5.41) is 64.6. The number of fused-ring (bicyclic) bond motifs is 1. The van der Waals surface area contributed by atoms with Crippen LogP contribution in [0.25, 0.3) is 11.2 Å². The molecule has 0 amide bonds. The number of phosphoric ester groups is 1. The summed E-state index contributed by atoms with van der Waals surface area (Å²) in [6.45, 7) is 0.593. The van der Waals surface area contributed by atoms with Crippen molar-refractivity contribution >= 4 is 46.4 Å². The van der Waals surface area contributed by atoms with Gasteiger partial charge in [0.2, 0.25) is 0 Å². The van der Waals surface area contributed by atoms with Gasteiger partial charge < -0.3 is 65.8 Å². The van der Waals surface area contributed by atoms with Gasteiger partial charge in [0.1, 0.15) is 42.4 Å². The molecule has 1 fully saturated rings. The van der Waals surface area contributed by atoms with E-state index in [-0.39, 0.29) is 40.5 Å². The Morgan fingerprint density at radius 1 is 1.00 bits per heavy atom. The van der Waals surface area contributed by atoms with Gasteiger partial charge in [0, 0.05) is 17.1 Å². The largest absolute Gasteiger partial charge is 0.490 e. The van der Waals surface area contributed by atoms with Gasteiger partial charge >= 0.3 is 29.4 Å². The van der Waals surface area contributed by atoms with Crippen LogP contribution in [0.3, 0.4) is 0 Å². The second-order valence-corrected chi connectivity index (χ2v) is 13.2. The minimum atomic E-state index is -5.70. The van der Waals surface area contributed by atoms with Crippen LogP contribution in [0.4, 0.5) is 5.82 Å². The van der Waals surface area contributed by atoms with Crippen LogP contribution >= 0.6 is 23.5 Å². The number of aromatic nitrogens is 4. The number of carbonyl (C=O) groups is 1. The maximum atomic E-state index is 11.8. The predicted molar refractivity (Wildman–Crippen MR) is 137 cm³/mol. The molecular formula is C17H30CuN5O19P3. The van der Waals surface area contributed by atoms with Crippen molar-refractivity contribution in [2.45, 2.75) is 62.3 Å². The van der Waals surface area contributed by atoms with Crippen LogP contribution in [-0.4, -0.2) is 130 Å². The normalized spacial score (nSPS) is 25.5. The number of ether oxygens (including phenoxy) is 1. The number of aliphatic hydroxyl groups is 6. The molecule has 10 unspecified atom stereocenters. The van der Waals surface area contributed by atoms with Crippen molar-refractivity contribution in [1.29, 1.82) is 0 Å². The summed E-state index contributed by atoms with van der Waals surface area (Å²) in [6, 6.07) is 0. The monoisotopic (exact) mass is 764 g/mol. The first-order valence-corrected chi connectivity index (χ1v) is 16.3. The predicted octanol–water partition coefficient (Wildman–Crippen LogP) is -3.71. The number of phosphoric acid groups is 3. The van der Waals surface area contributed by atoms with E-state index in [4.69, 9.17) is 50.7 Å². The Labute approximate surface area is 262 Å². The van der Waals surface area contributed by atoms with Gasteiger partial charge in [-0.3, -0.25) is 9.09 Å². The van der Waals surface area contributed by atoms with Crippen molar-refractivity contribution in [2.24, 2.45) is 0 Å². The van der Waals surface area contributed by atoms with Gasteiger partial charge in [-0.05, 0) is 6.42 Å². The maximum Gasteiger partial charge on any atom is 0.490 e. The summed E-state index contributed by atoms with van der Waals surface area (Å²) >= 11 is 0. The van der Waals surface area contributed by atoms with E-state index in [9.17, 15) is 33.6 Å². The van der Waals surface area contributed by atoms with Crippen LogP contribution < -0.4 is 5.73 Å². The molecule has 0 bridgehead atoms. The summed E-state index contributed by atoms with van der Waals surface area (Å²) < 4.78 is 51.9. The molecule has 45 heavy (non-hydrogen) atoms. The molecule has 3 rings (SSSR count). The van der Waals surface area contributed by atoms with Crippen LogP contribution in [0.1, 0.15) is 19.6 Å². The molecule has 0 aromatic carbocycles. The molecule has 0 spiro atoms. The number of rotatable bonds is 13. The van der Waals surface area contributed by atoms with Gasteiger partial charge in [0.25, 0.3) is 0 Å². The molecule has 263 valence electrons. The van der Waals surface area contributed by atoms with E-state index in [0.717, 1.165) is 6.33 Å². The third-order valence-electron chi connectivity index (χ3n) is 5.56. The molecule has 1 aliphatic heterocycles. The van der Waals surface area contributed by atoms with Gasteiger partial charge in [-0.1, -0.05) is 6.92 Å². The third kappa shape index (κ3) is 11.6. The van der Waals surface area contributed by atoms with E-state index >= 15 is 0 Å².